The maximum absolute atomic E-state index is 13.2. The van der Waals surface area contributed by atoms with Crippen molar-refractivity contribution in [1.82, 2.24) is 5.32 Å². The van der Waals surface area contributed by atoms with Crippen molar-refractivity contribution in [1.29, 1.82) is 0 Å². The van der Waals surface area contributed by atoms with Crippen LogP contribution in [0.25, 0.3) is 0 Å². The molecule has 1 atom stereocenters. The van der Waals surface area contributed by atoms with Crippen LogP contribution in [0, 0.1) is 11.6 Å². The van der Waals surface area contributed by atoms with Crippen molar-refractivity contribution in [3.8, 4) is 5.75 Å². The summed E-state index contributed by atoms with van der Waals surface area (Å²) in [6.45, 7) is 2.30. The average molecular weight is 312 g/mol. The minimum absolute atomic E-state index is 0.114. The van der Waals surface area contributed by atoms with Crippen molar-refractivity contribution >= 4 is 11.6 Å². The number of halogens is 3. The Hall–Kier alpha value is -1.65. The van der Waals surface area contributed by atoms with E-state index < -0.39 is 17.4 Å². The van der Waals surface area contributed by atoms with Gasteiger partial charge in [-0.25, -0.2) is 8.78 Å². The maximum atomic E-state index is 13.2. The van der Waals surface area contributed by atoms with E-state index in [0.717, 1.165) is 24.1 Å². The first-order valence-corrected chi connectivity index (χ1v) is 6.98. The Bertz CT molecular complexity index is 610. The zero-order chi connectivity index (χ0) is 15.4. The Balaban J connectivity index is 1.93. The smallest absolute Gasteiger partial charge is 0.187 e. The molecule has 21 heavy (non-hydrogen) atoms. The second-order valence-corrected chi connectivity index (χ2v) is 5.46. The van der Waals surface area contributed by atoms with Gasteiger partial charge in [-0.1, -0.05) is 23.7 Å². The van der Waals surface area contributed by atoms with Gasteiger partial charge in [0.2, 0.25) is 0 Å². The number of phenols is 1. The van der Waals surface area contributed by atoms with E-state index in [1.54, 1.807) is 0 Å². The van der Waals surface area contributed by atoms with Gasteiger partial charge in [-0.05, 0) is 48.7 Å². The van der Waals surface area contributed by atoms with E-state index in [9.17, 15) is 8.78 Å². The molecule has 2 aromatic carbocycles. The Morgan fingerprint density at radius 2 is 1.81 bits per heavy atom. The van der Waals surface area contributed by atoms with Crippen molar-refractivity contribution in [3.05, 3.63) is 64.2 Å². The summed E-state index contributed by atoms with van der Waals surface area (Å²) in [7, 11) is 0. The summed E-state index contributed by atoms with van der Waals surface area (Å²) in [4.78, 5) is 0. The molecular weight excluding hydrogens is 296 g/mol. The van der Waals surface area contributed by atoms with E-state index in [0.29, 0.717) is 17.1 Å². The Labute approximate surface area is 127 Å². The maximum Gasteiger partial charge on any atom is 0.187 e. The lowest BCUT2D eigenvalue weighted by molar-refractivity contribution is 0.394. The van der Waals surface area contributed by atoms with Gasteiger partial charge in [-0.15, -0.1) is 0 Å². The molecule has 2 aromatic rings. The number of hydrogen-bond donors (Lipinski definition) is 2. The van der Waals surface area contributed by atoms with Crippen LogP contribution in [0.15, 0.2) is 36.4 Å². The van der Waals surface area contributed by atoms with Crippen LogP contribution < -0.4 is 5.32 Å². The molecule has 112 valence electrons. The summed E-state index contributed by atoms with van der Waals surface area (Å²) in [5.41, 5.74) is 1.53. The first kappa shape index (κ1) is 15.7. The van der Waals surface area contributed by atoms with Crippen LogP contribution in [0.1, 0.15) is 18.1 Å². The lowest BCUT2D eigenvalue weighted by atomic mass is 10.1. The van der Waals surface area contributed by atoms with Gasteiger partial charge in [0.15, 0.2) is 17.4 Å². The molecule has 2 rings (SSSR count). The van der Waals surface area contributed by atoms with Gasteiger partial charge in [0.05, 0.1) is 0 Å². The van der Waals surface area contributed by atoms with Crippen LogP contribution in [-0.4, -0.2) is 11.1 Å². The predicted molar refractivity (Wildman–Crippen MR) is 79.5 cm³/mol. The molecule has 0 saturated carbocycles. The summed E-state index contributed by atoms with van der Waals surface area (Å²) >= 11 is 5.92. The van der Waals surface area contributed by atoms with Crippen molar-refractivity contribution < 1.29 is 13.9 Å². The van der Waals surface area contributed by atoms with Crippen molar-refractivity contribution in [2.45, 2.75) is 25.9 Å². The molecule has 0 amide bonds. The van der Waals surface area contributed by atoms with Crippen LogP contribution >= 0.6 is 11.6 Å². The highest BCUT2D eigenvalue weighted by Gasteiger charge is 2.10. The molecule has 1 unspecified atom stereocenters. The number of hydrogen-bond acceptors (Lipinski definition) is 2. The number of rotatable bonds is 5. The van der Waals surface area contributed by atoms with Crippen LogP contribution in [0.4, 0.5) is 8.78 Å². The molecule has 0 heterocycles. The summed E-state index contributed by atoms with van der Waals surface area (Å²) in [5.74, 6) is -2.84. The molecule has 0 spiro atoms. The van der Waals surface area contributed by atoms with Crippen LogP contribution in [-0.2, 0) is 13.0 Å². The fourth-order valence-corrected chi connectivity index (χ4v) is 2.31. The monoisotopic (exact) mass is 311 g/mol. The predicted octanol–water partition coefficient (Wildman–Crippen LogP) is 4.04. The molecule has 5 heteroatoms. The van der Waals surface area contributed by atoms with Gasteiger partial charge < -0.3 is 10.4 Å². The van der Waals surface area contributed by atoms with E-state index in [-0.39, 0.29) is 6.04 Å². The van der Waals surface area contributed by atoms with Crippen LogP contribution in [0.2, 0.25) is 5.02 Å². The summed E-state index contributed by atoms with van der Waals surface area (Å²) in [6, 6.07) is 9.92. The normalized spacial score (nSPS) is 12.4. The van der Waals surface area contributed by atoms with Gasteiger partial charge in [-0.2, -0.15) is 0 Å². The first-order valence-electron chi connectivity index (χ1n) is 6.60. The molecule has 0 aliphatic carbocycles. The Morgan fingerprint density at radius 3 is 2.43 bits per heavy atom. The lowest BCUT2D eigenvalue weighted by Gasteiger charge is -2.14. The third kappa shape index (κ3) is 4.41. The molecule has 0 aliphatic rings. The molecule has 0 aliphatic heterocycles. The summed E-state index contributed by atoms with van der Waals surface area (Å²) in [5, 5.41) is 12.9. The van der Waals surface area contributed by atoms with E-state index >= 15 is 0 Å². The van der Waals surface area contributed by atoms with E-state index in [2.05, 4.69) is 5.32 Å². The standard InChI is InChI=1S/C16H16ClF2NO/c1-10(5-11-3-2-4-13(17)6-11)20-9-12-7-14(18)16(21)15(19)8-12/h2-4,6-8,10,20-21H,5,9H2,1H3. The zero-order valence-electron chi connectivity index (χ0n) is 11.5. The lowest BCUT2D eigenvalue weighted by Crippen LogP contribution is -2.27. The fraction of sp³-hybridized carbons (Fsp3) is 0.250. The molecule has 0 aromatic heterocycles. The molecular formula is C16H16ClF2NO. The molecule has 0 bridgehead atoms. The topological polar surface area (TPSA) is 32.3 Å². The third-order valence-corrected chi connectivity index (χ3v) is 3.40. The zero-order valence-corrected chi connectivity index (χ0v) is 12.3. The Kier molecular flexibility index (Phi) is 5.15. The van der Waals surface area contributed by atoms with Crippen molar-refractivity contribution in [3.63, 3.8) is 0 Å². The van der Waals surface area contributed by atoms with Gasteiger partial charge in [-0.3, -0.25) is 0 Å². The fourth-order valence-electron chi connectivity index (χ4n) is 2.10. The van der Waals surface area contributed by atoms with E-state index in [4.69, 9.17) is 16.7 Å². The number of benzene rings is 2. The first-order chi connectivity index (χ1) is 9.95. The quantitative estimate of drug-likeness (QED) is 0.873. The SMILES string of the molecule is CC(Cc1cccc(Cl)c1)NCc1cc(F)c(O)c(F)c1. The molecule has 0 saturated heterocycles. The van der Waals surface area contributed by atoms with Gasteiger partial charge in [0.25, 0.3) is 0 Å². The minimum Gasteiger partial charge on any atom is -0.503 e. The van der Waals surface area contributed by atoms with Gasteiger partial charge in [0.1, 0.15) is 0 Å². The van der Waals surface area contributed by atoms with Gasteiger partial charge >= 0.3 is 0 Å². The highest BCUT2D eigenvalue weighted by molar-refractivity contribution is 6.30. The minimum atomic E-state index is -0.950. The average Bonchev–Trinajstić information content (AvgIpc) is 2.42. The Morgan fingerprint density at radius 1 is 1.14 bits per heavy atom. The number of nitrogens with one attached hydrogen (secondary N) is 1. The summed E-state index contributed by atoms with van der Waals surface area (Å²) < 4.78 is 26.4. The van der Waals surface area contributed by atoms with E-state index in [1.807, 2.05) is 31.2 Å². The largest absolute Gasteiger partial charge is 0.503 e. The van der Waals surface area contributed by atoms with Gasteiger partial charge in [0, 0.05) is 17.6 Å². The molecule has 0 radical (unpaired) electrons. The molecule has 2 N–H and O–H groups in total. The second kappa shape index (κ2) is 6.87. The highest BCUT2D eigenvalue weighted by atomic mass is 35.5. The number of aromatic hydroxyl groups is 1. The van der Waals surface area contributed by atoms with Crippen molar-refractivity contribution in [2.75, 3.05) is 0 Å². The van der Waals surface area contributed by atoms with E-state index in [1.165, 1.54) is 0 Å². The third-order valence-electron chi connectivity index (χ3n) is 3.16. The second-order valence-electron chi connectivity index (χ2n) is 5.02. The summed E-state index contributed by atoms with van der Waals surface area (Å²) in [6.07, 6.45) is 0.754. The highest BCUT2D eigenvalue weighted by Crippen LogP contribution is 2.21. The number of phenolic OH excluding ortho intramolecular Hbond substituents is 1. The van der Waals surface area contributed by atoms with Crippen molar-refractivity contribution in [2.24, 2.45) is 0 Å². The molecule has 0 fully saturated rings. The van der Waals surface area contributed by atoms with Crippen LogP contribution in [0.5, 0.6) is 5.75 Å². The molecule has 2 nitrogen and oxygen atoms in total. The van der Waals surface area contributed by atoms with Crippen LogP contribution in [0.3, 0.4) is 0 Å².